The highest BCUT2D eigenvalue weighted by Gasteiger charge is 2.37. The van der Waals surface area contributed by atoms with Crippen LogP contribution in [0.25, 0.3) is 0 Å². The van der Waals surface area contributed by atoms with Crippen LogP contribution in [0.1, 0.15) is 35.2 Å². The Balaban J connectivity index is 1.88. The van der Waals surface area contributed by atoms with Gasteiger partial charge in [0, 0.05) is 23.2 Å². The fourth-order valence-electron chi connectivity index (χ4n) is 3.79. The number of allylic oxidation sites excluding steroid dienone is 2. The zero-order valence-corrected chi connectivity index (χ0v) is 15.8. The Bertz CT molecular complexity index is 879. The van der Waals surface area contributed by atoms with Crippen LogP contribution in [0.3, 0.4) is 0 Å². The minimum Gasteiger partial charge on any atom is -0.496 e. The van der Waals surface area contributed by atoms with E-state index in [1.165, 1.54) is 7.11 Å². The standard InChI is InChI=1S/C22H24N2O4/c1-28-20-10-6-5-9-18(20)21(26)23-15-22(17-7-3-2-4-8-17)12-11-19(24-27)16(13-22)14-25/h2-10,14,24,27H,11-13,15H2,1H3,(H,23,26). The zero-order chi connectivity index (χ0) is 20.0. The number of carbonyl (C=O) groups is 2. The van der Waals surface area contributed by atoms with E-state index in [1.807, 2.05) is 36.4 Å². The Morgan fingerprint density at radius 3 is 2.57 bits per heavy atom. The number of amides is 1. The fourth-order valence-corrected chi connectivity index (χ4v) is 3.79. The summed E-state index contributed by atoms with van der Waals surface area (Å²) in [5.74, 6) is 0.285. The van der Waals surface area contributed by atoms with Crippen LogP contribution in [-0.4, -0.2) is 31.1 Å². The van der Waals surface area contributed by atoms with E-state index < -0.39 is 5.41 Å². The highest BCUT2D eigenvalue weighted by atomic mass is 16.5. The summed E-state index contributed by atoms with van der Waals surface area (Å²) < 4.78 is 5.28. The van der Waals surface area contributed by atoms with Crippen molar-refractivity contribution in [3.63, 3.8) is 0 Å². The van der Waals surface area contributed by atoms with Gasteiger partial charge in [-0.1, -0.05) is 42.5 Å². The van der Waals surface area contributed by atoms with Gasteiger partial charge in [-0.2, -0.15) is 0 Å². The molecule has 0 radical (unpaired) electrons. The average Bonchev–Trinajstić information content (AvgIpc) is 2.77. The highest BCUT2D eigenvalue weighted by Crippen LogP contribution is 2.40. The Labute approximate surface area is 164 Å². The van der Waals surface area contributed by atoms with Crippen molar-refractivity contribution in [2.45, 2.75) is 24.7 Å². The van der Waals surface area contributed by atoms with Gasteiger partial charge in [-0.25, -0.2) is 0 Å². The van der Waals surface area contributed by atoms with E-state index in [4.69, 9.17) is 4.74 Å². The molecule has 1 unspecified atom stereocenters. The number of carbonyl (C=O) groups excluding carboxylic acids is 2. The average molecular weight is 380 g/mol. The summed E-state index contributed by atoms with van der Waals surface area (Å²) in [5.41, 5.74) is 4.28. The second kappa shape index (κ2) is 8.71. The number of rotatable bonds is 7. The lowest BCUT2D eigenvalue weighted by molar-refractivity contribution is -0.105. The van der Waals surface area contributed by atoms with Gasteiger partial charge in [-0.15, -0.1) is 0 Å². The number of nitrogens with one attached hydrogen (secondary N) is 2. The van der Waals surface area contributed by atoms with Gasteiger partial charge < -0.3 is 10.1 Å². The number of hydroxylamine groups is 1. The van der Waals surface area contributed by atoms with E-state index >= 15 is 0 Å². The van der Waals surface area contributed by atoms with E-state index in [1.54, 1.807) is 18.2 Å². The molecule has 0 bridgehead atoms. The molecule has 0 heterocycles. The first-order valence-electron chi connectivity index (χ1n) is 9.17. The third-order valence-corrected chi connectivity index (χ3v) is 5.37. The molecule has 6 heteroatoms. The SMILES string of the molecule is COc1ccccc1C(=O)NCC1(c2ccccc2)CCC(NO)=C(C=O)C1. The first-order chi connectivity index (χ1) is 13.6. The molecule has 2 aromatic carbocycles. The lowest BCUT2D eigenvalue weighted by Gasteiger charge is -2.38. The van der Waals surface area contributed by atoms with Crippen molar-refractivity contribution in [3.8, 4) is 5.75 Å². The summed E-state index contributed by atoms with van der Waals surface area (Å²) in [4.78, 5) is 24.4. The number of ether oxygens (including phenoxy) is 1. The van der Waals surface area contributed by atoms with Gasteiger partial charge in [-0.3, -0.25) is 20.3 Å². The van der Waals surface area contributed by atoms with Gasteiger partial charge in [0.1, 0.15) is 12.0 Å². The number of hydrogen-bond acceptors (Lipinski definition) is 5. The number of para-hydroxylation sites is 1. The van der Waals surface area contributed by atoms with E-state index in [0.717, 1.165) is 11.8 Å². The monoisotopic (exact) mass is 380 g/mol. The van der Waals surface area contributed by atoms with Gasteiger partial charge in [-0.05, 0) is 37.0 Å². The number of aldehydes is 1. The molecule has 6 nitrogen and oxygen atoms in total. The molecule has 0 aromatic heterocycles. The summed E-state index contributed by atoms with van der Waals surface area (Å²) in [6.07, 6.45) is 2.40. The Kier molecular flexibility index (Phi) is 6.11. The molecular weight excluding hydrogens is 356 g/mol. The number of benzene rings is 2. The molecule has 1 amide bonds. The maximum absolute atomic E-state index is 12.8. The topological polar surface area (TPSA) is 87.7 Å². The van der Waals surface area contributed by atoms with Crippen LogP contribution in [-0.2, 0) is 10.2 Å². The molecule has 1 aliphatic rings. The Hall–Kier alpha value is -3.12. The van der Waals surface area contributed by atoms with Gasteiger partial charge in [0.25, 0.3) is 5.91 Å². The van der Waals surface area contributed by atoms with Crippen molar-refractivity contribution in [1.29, 1.82) is 0 Å². The summed E-state index contributed by atoms with van der Waals surface area (Å²) >= 11 is 0. The van der Waals surface area contributed by atoms with Crippen LogP contribution in [0.5, 0.6) is 5.75 Å². The largest absolute Gasteiger partial charge is 0.496 e. The predicted molar refractivity (Wildman–Crippen MR) is 105 cm³/mol. The molecule has 3 N–H and O–H groups in total. The molecule has 1 aliphatic carbocycles. The molecule has 1 atom stereocenters. The molecule has 0 spiro atoms. The van der Waals surface area contributed by atoms with Crippen LogP contribution in [0.4, 0.5) is 0 Å². The molecule has 0 saturated heterocycles. The lowest BCUT2D eigenvalue weighted by atomic mass is 9.68. The number of hydrogen-bond donors (Lipinski definition) is 3. The van der Waals surface area contributed by atoms with Crippen LogP contribution in [0.15, 0.2) is 65.9 Å². The maximum Gasteiger partial charge on any atom is 0.255 e. The first-order valence-corrected chi connectivity index (χ1v) is 9.17. The second-order valence-corrected chi connectivity index (χ2v) is 6.94. The molecule has 0 aliphatic heterocycles. The summed E-state index contributed by atoms with van der Waals surface area (Å²) in [5, 5.41) is 12.3. The first kappa shape index (κ1) is 19.6. The smallest absolute Gasteiger partial charge is 0.255 e. The van der Waals surface area contributed by atoms with Crippen LogP contribution in [0, 0.1) is 0 Å². The maximum atomic E-state index is 12.8. The molecule has 28 heavy (non-hydrogen) atoms. The Morgan fingerprint density at radius 1 is 1.18 bits per heavy atom. The summed E-state index contributed by atoms with van der Waals surface area (Å²) in [6, 6.07) is 16.9. The van der Waals surface area contributed by atoms with Crippen molar-refractivity contribution in [3.05, 3.63) is 77.0 Å². The molecular formula is C22H24N2O4. The second-order valence-electron chi connectivity index (χ2n) is 6.94. The summed E-state index contributed by atoms with van der Waals surface area (Å²) in [7, 11) is 1.53. The molecule has 0 saturated carbocycles. The van der Waals surface area contributed by atoms with Crippen molar-refractivity contribution in [2.75, 3.05) is 13.7 Å². The zero-order valence-electron chi connectivity index (χ0n) is 15.8. The van der Waals surface area contributed by atoms with Crippen LogP contribution >= 0.6 is 0 Å². The van der Waals surface area contributed by atoms with Crippen LogP contribution in [0.2, 0.25) is 0 Å². The van der Waals surface area contributed by atoms with E-state index in [-0.39, 0.29) is 5.91 Å². The van der Waals surface area contributed by atoms with Gasteiger partial charge >= 0.3 is 0 Å². The molecule has 0 fully saturated rings. The minimum absolute atomic E-state index is 0.226. The number of methoxy groups -OCH3 is 1. The molecule has 146 valence electrons. The van der Waals surface area contributed by atoms with E-state index in [9.17, 15) is 14.8 Å². The minimum atomic E-state index is -0.435. The van der Waals surface area contributed by atoms with E-state index in [2.05, 4.69) is 10.8 Å². The van der Waals surface area contributed by atoms with Crippen LogP contribution < -0.4 is 15.5 Å². The lowest BCUT2D eigenvalue weighted by Crippen LogP contribution is -2.43. The highest BCUT2D eigenvalue weighted by molar-refractivity contribution is 5.97. The van der Waals surface area contributed by atoms with E-state index in [0.29, 0.717) is 48.4 Å². The van der Waals surface area contributed by atoms with Gasteiger partial charge in [0.15, 0.2) is 0 Å². The normalized spacial score (nSPS) is 19.1. The van der Waals surface area contributed by atoms with Crippen molar-refractivity contribution in [1.82, 2.24) is 10.8 Å². The van der Waals surface area contributed by atoms with Crippen molar-refractivity contribution in [2.24, 2.45) is 0 Å². The Morgan fingerprint density at radius 2 is 1.89 bits per heavy atom. The van der Waals surface area contributed by atoms with Gasteiger partial charge in [0.05, 0.1) is 12.7 Å². The quantitative estimate of drug-likeness (QED) is 0.508. The third-order valence-electron chi connectivity index (χ3n) is 5.37. The van der Waals surface area contributed by atoms with Gasteiger partial charge in [0.2, 0.25) is 0 Å². The molecule has 2 aromatic rings. The third kappa shape index (κ3) is 3.92. The predicted octanol–water partition coefficient (Wildman–Crippen LogP) is 2.98. The van der Waals surface area contributed by atoms with Crippen molar-refractivity contribution >= 4 is 12.2 Å². The summed E-state index contributed by atoms with van der Waals surface area (Å²) in [6.45, 7) is 0.365. The molecule has 3 rings (SSSR count). The fraction of sp³-hybridized carbons (Fsp3) is 0.273. The van der Waals surface area contributed by atoms with Crippen molar-refractivity contribution < 1.29 is 19.5 Å².